The number of nitro benzene ring substituents is 1. The van der Waals surface area contributed by atoms with Crippen molar-refractivity contribution < 1.29 is 9.72 Å². The van der Waals surface area contributed by atoms with Crippen LogP contribution in [0.4, 0.5) is 5.69 Å². The lowest BCUT2D eigenvalue weighted by Gasteiger charge is -2.56. The number of hydrogen-bond donors (Lipinski definition) is 0. The molecule has 3 saturated heterocycles. The lowest BCUT2D eigenvalue weighted by molar-refractivity contribution is -0.384. The van der Waals surface area contributed by atoms with E-state index in [1.807, 2.05) is 17.9 Å². The lowest BCUT2D eigenvalue weighted by atomic mass is 9.87. The van der Waals surface area contributed by atoms with E-state index >= 15 is 0 Å². The highest BCUT2D eigenvalue weighted by Crippen LogP contribution is 2.32. The van der Waals surface area contributed by atoms with Crippen LogP contribution in [0.2, 0.25) is 0 Å². The topological polar surface area (TPSA) is 66.7 Å². The van der Waals surface area contributed by atoms with Gasteiger partial charge in [0.15, 0.2) is 0 Å². The summed E-state index contributed by atoms with van der Waals surface area (Å²) < 4.78 is 0. The zero-order valence-electron chi connectivity index (χ0n) is 13.2. The van der Waals surface area contributed by atoms with Gasteiger partial charge in [-0.15, -0.1) is 0 Å². The third-order valence-electron chi connectivity index (χ3n) is 4.73. The summed E-state index contributed by atoms with van der Waals surface area (Å²) >= 11 is 0. The molecule has 4 rings (SSSR count). The molecule has 2 atom stereocenters. The first-order chi connectivity index (χ1) is 11.1. The molecule has 6 nitrogen and oxygen atoms in total. The van der Waals surface area contributed by atoms with Gasteiger partial charge < -0.3 is 4.90 Å². The summed E-state index contributed by atoms with van der Waals surface area (Å²) in [7, 11) is 0. The Bertz CT molecular complexity index is 614. The maximum absolute atomic E-state index is 11.8. The molecule has 0 spiro atoms. The molecule has 3 aliphatic rings. The van der Waals surface area contributed by atoms with Gasteiger partial charge in [-0.25, -0.2) is 0 Å². The van der Waals surface area contributed by atoms with Crippen LogP contribution in [0.15, 0.2) is 30.3 Å². The van der Waals surface area contributed by atoms with Crippen LogP contribution in [0.1, 0.15) is 25.3 Å². The number of hydrogen-bond acceptors (Lipinski definition) is 4. The second-order valence-electron chi connectivity index (χ2n) is 6.14. The van der Waals surface area contributed by atoms with Gasteiger partial charge in [-0.3, -0.25) is 19.8 Å². The first-order valence-electron chi connectivity index (χ1n) is 8.03. The van der Waals surface area contributed by atoms with Crippen molar-refractivity contribution in [1.82, 2.24) is 9.80 Å². The minimum atomic E-state index is -0.391. The minimum absolute atomic E-state index is 0.111. The summed E-state index contributed by atoms with van der Waals surface area (Å²) in [5, 5.41) is 10.6. The Kier molecular flexibility index (Phi) is 4.43. The van der Waals surface area contributed by atoms with Crippen LogP contribution in [0.5, 0.6) is 0 Å². The average molecular weight is 315 g/mol. The fourth-order valence-corrected chi connectivity index (χ4v) is 3.43. The first-order valence-corrected chi connectivity index (χ1v) is 8.03. The average Bonchev–Trinajstić information content (AvgIpc) is 2.58. The Labute approximate surface area is 135 Å². The van der Waals surface area contributed by atoms with Crippen LogP contribution in [0.25, 0.3) is 6.08 Å². The summed E-state index contributed by atoms with van der Waals surface area (Å²) in [6.45, 7) is 4.46. The number of fused-ring (bicyclic) bond motifs is 2. The van der Waals surface area contributed by atoms with Crippen LogP contribution in [0, 0.1) is 10.1 Å². The summed E-state index contributed by atoms with van der Waals surface area (Å²) in [5.41, 5.74) is 1.07. The predicted octanol–water partition coefficient (Wildman–Crippen LogP) is 2.30. The molecule has 0 radical (unpaired) electrons. The molecule has 3 fully saturated rings. The molecule has 0 N–H and O–H groups in total. The molecule has 0 saturated carbocycles. The van der Waals surface area contributed by atoms with Gasteiger partial charge in [0.05, 0.1) is 4.92 Å². The number of nitrogens with zero attached hydrogens (tertiary/aromatic N) is 3. The quantitative estimate of drug-likeness (QED) is 0.618. The van der Waals surface area contributed by atoms with Gasteiger partial charge in [0.2, 0.25) is 5.91 Å². The van der Waals surface area contributed by atoms with Crippen molar-refractivity contribution in [3.8, 4) is 0 Å². The van der Waals surface area contributed by atoms with E-state index in [2.05, 4.69) is 11.0 Å². The van der Waals surface area contributed by atoms with Crippen LogP contribution in [0.3, 0.4) is 0 Å². The number of carbonyl (C=O) groups is 1. The molecular weight excluding hydrogens is 294 g/mol. The number of piperazine rings is 1. The maximum Gasteiger partial charge on any atom is 0.269 e. The second-order valence-corrected chi connectivity index (χ2v) is 6.14. The smallest absolute Gasteiger partial charge is 0.269 e. The van der Waals surface area contributed by atoms with Gasteiger partial charge in [0.1, 0.15) is 0 Å². The minimum Gasteiger partial charge on any atom is -0.340 e. The lowest BCUT2D eigenvalue weighted by Crippen LogP contribution is -2.69. The Hall–Kier alpha value is -2.21. The van der Waals surface area contributed by atoms with Crippen LogP contribution >= 0.6 is 0 Å². The second kappa shape index (κ2) is 6.50. The van der Waals surface area contributed by atoms with Crippen LogP contribution < -0.4 is 0 Å². The van der Waals surface area contributed by atoms with E-state index in [9.17, 15) is 14.9 Å². The molecule has 0 aromatic heterocycles. The van der Waals surface area contributed by atoms with E-state index in [1.54, 1.807) is 12.1 Å². The highest BCUT2D eigenvalue weighted by Gasteiger charge is 2.44. The predicted molar refractivity (Wildman–Crippen MR) is 87.9 cm³/mol. The third-order valence-corrected chi connectivity index (χ3v) is 4.73. The number of carbonyl (C=O) groups excluding carboxylic acids is 1. The summed E-state index contributed by atoms with van der Waals surface area (Å²) in [4.78, 5) is 26.4. The molecule has 1 aromatic rings. The highest BCUT2D eigenvalue weighted by molar-refractivity contribution is 5.76. The molecule has 1 aromatic carbocycles. The molecule has 3 aliphatic heterocycles. The number of amides is 1. The van der Waals surface area contributed by atoms with E-state index < -0.39 is 4.92 Å². The summed E-state index contributed by atoms with van der Waals surface area (Å²) in [6, 6.07) is 7.51. The van der Waals surface area contributed by atoms with Gasteiger partial charge >= 0.3 is 0 Å². The molecule has 23 heavy (non-hydrogen) atoms. The molecule has 3 heterocycles. The van der Waals surface area contributed by atoms with Gasteiger partial charge in [0.25, 0.3) is 5.69 Å². The molecule has 2 unspecified atom stereocenters. The van der Waals surface area contributed by atoms with Crippen molar-refractivity contribution in [2.45, 2.75) is 31.8 Å². The van der Waals surface area contributed by atoms with Crippen molar-refractivity contribution in [3.05, 3.63) is 46.0 Å². The third kappa shape index (κ3) is 3.27. The summed E-state index contributed by atoms with van der Waals surface area (Å²) in [5.74, 6) is 0.251. The van der Waals surface area contributed by atoms with Gasteiger partial charge in [-0.1, -0.05) is 19.1 Å². The van der Waals surface area contributed by atoms with Crippen LogP contribution in [-0.4, -0.2) is 52.3 Å². The van der Waals surface area contributed by atoms with Gasteiger partial charge in [0, 0.05) is 50.3 Å². The zero-order chi connectivity index (χ0) is 16.4. The molecule has 0 aliphatic carbocycles. The Balaban J connectivity index is 1.52. The fraction of sp³-hybridized carbons (Fsp3) is 0.471. The van der Waals surface area contributed by atoms with Crippen molar-refractivity contribution >= 4 is 17.7 Å². The van der Waals surface area contributed by atoms with Gasteiger partial charge in [-0.2, -0.15) is 0 Å². The maximum atomic E-state index is 11.8. The van der Waals surface area contributed by atoms with Crippen LogP contribution in [-0.2, 0) is 4.79 Å². The Morgan fingerprint density at radius 2 is 1.96 bits per heavy atom. The first kappa shape index (κ1) is 15.7. The van der Waals surface area contributed by atoms with E-state index in [0.717, 1.165) is 25.2 Å². The number of non-ortho nitro benzene ring substituents is 1. The van der Waals surface area contributed by atoms with Crippen molar-refractivity contribution in [2.24, 2.45) is 0 Å². The summed E-state index contributed by atoms with van der Waals surface area (Å²) in [6.07, 6.45) is 5.85. The standard InChI is InChI=1S/C17H21N3O3/c1-2-17(21)18-11-15-10-16(12-18)19(15)9-3-4-13-5-7-14(8-6-13)20(22)23/h3-8,15-16H,2,9-12H2,1H3. The number of piperidine rings is 1. The van der Waals surface area contributed by atoms with Crippen molar-refractivity contribution in [3.63, 3.8) is 0 Å². The van der Waals surface area contributed by atoms with E-state index in [-0.39, 0.29) is 11.6 Å². The monoisotopic (exact) mass is 315 g/mol. The molecular formula is C17H21N3O3. The van der Waals surface area contributed by atoms with Crippen molar-refractivity contribution in [2.75, 3.05) is 19.6 Å². The van der Waals surface area contributed by atoms with E-state index in [1.165, 1.54) is 18.6 Å². The Morgan fingerprint density at radius 3 is 2.52 bits per heavy atom. The highest BCUT2D eigenvalue weighted by atomic mass is 16.6. The molecule has 122 valence electrons. The Morgan fingerprint density at radius 1 is 1.30 bits per heavy atom. The normalized spacial score (nSPS) is 23.8. The van der Waals surface area contributed by atoms with E-state index in [4.69, 9.17) is 0 Å². The number of rotatable bonds is 5. The molecule has 6 heteroatoms. The van der Waals surface area contributed by atoms with E-state index in [0.29, 0.717) is 18.5 Å². The number of benzene rings is 1. The largest absolute Gasteiger partial charge is 0.340 e. The SMILES string of the molecule is CCC(=O)N1CC2CC(C1)N2CC=Cc1ccc([N+](=O)[O-])cc1. The molecule has 2 bridgehead atoms. The van der Waals surface area contributed by atoms with Crippen molar-refractivity contribution in [1.29, 1.82) is 0 Å². The van der Waals surface area contributed by atoms with Gasteiger partial charge in [-0.05, 0) is 24.1 Å². The fourth-order valence-electron chi connectivity index (χ4n) is 3.43. The number of nitro groups is 1. The zero-order valence-corrected chi connectivity index (χ0v) is 13.2. The molecule has 1 amide bonds.